The zero-order chi connectivity index (χ0) is 14.2. The maximum atomic E-state index is 11.4. The van der Waals surface area contributed by atoms with Crippen LogP contribution in [0.4, 0.5) is 0 Å². The average Bonchev–Trinajstić information content (AvgIpc) is 2.64. The van der Waals surface area contributed by atoms with Crippen LogP contribution in [0, 0.1) is 0 Å². The van der Waals surface area contributed by atoms with Crippen molar-refractivity contribution in [1.29, 1.82) is 0 Å². The maximum absolute atomic E-state index is 11.4. The number of hydrogen-bond donors (Lipinski definition) is 1. The molecule has 0 bridgehead atoms. The van der Waals surface area contributed by atoms with Gasteiger partial charge >= 0.3 is 0 Å². The van der Waals surface area contributed by atoms with Crippen molar-refractivity contribution in [3.63, 3.8) is 0 Å². The van der Waals surface area contributed by atoms with Crippen molar-refractivity contribution >= 4 is 5.91 Å². The smallest absolute Gasteiger partial charge is 0.217 e. The van der Waals surface area contributed by atoms with Gasteiger partial charge in [-0.15, -0.1) is 6.58 Å². The molecule has 2 saturated heterocycles. The van der Waals surface area contributed by atoms with E-state index in [2.05, 4.69) is 18.8 Å². The van der Waals surface area contributed by atoms with E-state index < -0.39 is 5.79 Å². The minimum atomic E-state index is -0.654. The van der Waals surface area contributed by atoms with Crippen LogP contribution < -0.4 is 5.32 Å². The molecule has 0 aromatic carbocycles. The lowest BCUT2D eigenvalue weighted by atomic mass is 9.91. The Hall–Kier alpha value is -0.910. The van der Waals surface area contributed by atoms with E-state index in [1.807, 2.05) is 13.8 Å². The van der Waals surface area contributed by atoms with E-state index >= 15 is 0 Å². The molecule has 5 atom stereocenters. The first-order valence-electron chi connectivity index (χ1n) is 6.78. The maximum Gasteiger partial charge on any atom is 0.217 e. The van der Waals surface area contributed by atoms with E-state index in [9.17, 15) is 4.79 Å². The second-order valence-corrected chi connectivity index (χ2v) is 5.57. The molecule has 108 valence electrons. The molecule has 5 heteroatoms. The van der Waals surface area contributed by atoms with Gasteiger partial charge in [0.05, 0.1) is 18.2 Å². The van der Waals surface area contributed by atoms with E-state index in [0.717, 1.165) is 6.42 Å². The highest BCUT2D eigenvalue weighted by atomic mass is 16.8. The van der Waals surface area contributed by atoms with Crippen LogP contribution in [0.3, 0.4) is 0 Å². The molecule has 1 unspecified atom stereocenters. The lowest BCUT2D eigenvalue weighted by Gasteiger charge is -2.41. The fourth-order valence-electron chi connectivity index (χ4n) is 2.86. The van der Waals surface area contributed by atoms with E-state index in [1.165, 1.54) is 6.92 Å². The zero-order valence-corrected chi connectivity index (χ0v) is 12.0. The molecule has 2 aliphatic rings. The molecule has 19 heavy (non-hydrogen) atoms. The third-order valence-electron chi connectivity index (χ3n) is 3.57. The summed E-state index contributed by atoms with van der Waals surface area (Å²) < 4.78 is 17.9. The van der Waals surface area contributed by atoms with Gasteiger partial charge in [0.2, 0.25) is 5.91 Å². The Morgan fingerprint density at radius 3 is 2.53 bits per heavy atom. The van der Waals surface area contributed by atoms with Crippen LogP contribution in [0.2, 0.25) is 0 Å². The van der Waals surface area contributed by atoms with Gasteiger partial charge in [0.1, 0.15) is 12.2 Å². The molecule has 0 radical (unpaired) electrons. The molecule has 2 fully saturated rings. The third kappa shape index (κ3) is 2.83. The molecule has 5 nitrogen and oxygen atoms in total. The van der Waals surface area contributed by atoms with Crippen molar-refractivity contribution in [2.75, 3.05) is 0 Å². The van der Waals surface area contributed by atoms with Crippen molar-refractivity contribution in [1.82, 2.24) is 5.32 Å². The lowest BCUT2D eigenvalue weighted by Crippen LogP contribution is -2.61. The summed E-state index contributed by atoms with van der Waals surface area (Å²) in [4.78, 5) is 11.4. The van der Waals surface area contributed by atoms with Crippen molar-refractivity contribution in [3.8, 4) is 0 Å². The topological polar surface area (TPSA) is 56.8 Å². The molecular weight excluding hydrogens is 246 g/mol. The van der Waals surface area contributed by atoms with Gasteiger partial charge in [-0.2, -0.15) is 0 Å². The van der Waals surface area contributed by atoms with Crippen LogP contribution in [0.25, 0.3) is 0 Å². The van der Waals surface area contributed by atoms with Gasteiger partial charge in [0.25, 0.3) is 0 Å². The number of carbonyl (C=O) groups excluding carboxylic acids is 1. The normalized spacial score (nSPS) is 40.5. The van der Waals surface area contributed by atoms with Gasteiger partial charge in [-0.25, -0.2) is 0 Å². The molecule has 0 aromatic heterocycles. The Morgan fingerprint density at radius 1 is 1.37 bits per heavy atom. The summed E-state index contributed by atoms with van der Waals surface area (Å²) in [7, 11) is 0. The first-order chi connectivity index (χ1) is 8.88. The van der Waals surface area contributed by atoms with Crippen molar-refractivity contribution in [2.45, 2.75) is 70.4 Å². The first kappa shape index (κ1) is 14.5. The molecule has 1 N–H and O–H groups in total. The second kappa shape index (κ2) is 5.23. The summed E-state index contributed by atoms with van der Waals surface area (Å²) in [5, 5.41) is 2.90. The predicted molar refractivity (Wildman–Crippen MR) is 70.6 cm³/mol. The minimum Gasteiger partial charge on any atom is -0.366 e. The monoisotopic (exact) mass is 269 g/mol. The highest BCUT2D eigenvalue weighted by molar-refractivity contribution is 5.73. The number of amides is 1. The van der Waals surface area contributed by atoms with Crippen molar-refractivity contribution in [3.05, 3.63) is 12.7 Å². The van der Waals surface area contributed by atoms with Crippen LogP contribution in [0.1, 0.15) is 34.1 Å². The minimum absolute atomic E-state index is 0.0419. The Morgan fingerprint density at radius 2 is 2.00 bits per heavy atom. The summed E-state index contributed by atoms with van der Waals surface area (Å²) in [6, 6.07) is -0.260. The number of fused-ring (bicyclic) bond motifs is 1. The number of nitrogens with one attached hydrogen (secondary N) is 1. The highest BCUT2D eigenvalue weighted by Gasteiger charge is 2.54. The molecule has 0 aliphatic carbocycles. The van der Waals surface area contributed by atoms with E-state index in [4.69, 9.17) is 14.2 Å². The van der Waals surface area contributed by atoms with Gasteiger partial charge in [0, 0.05) is 6.92 Å². The van der Waals surface area contributed by atoms with E-state index in [1.54, 1.807) is 6.08 Å². The van der Waals surface area contributed by atoms with E-state index in [-0.39, 0.29) is 36.4 Å². The Labute approximate surface area is 114 Å². The molecule has 2 rings (SSSR count). The lowest BCUT2D eigenvalue weighted by molar-refractivity contribution is -0.156. The summed E-state index contributed by atoms with van der Waals surface area (Å²) in [5.74, 6) is -0.763. The molecule has 0 aromatic rings. The molecule has 1 amide bonds. The molecule has 2 heterocycles. The SMILES string of the molecule is C=CC1O[C@H](CC)[C@@H]2OC(C)(C)O[C@@H]2[C@@H]1NC(C)=O. The average molecular weight is 269 g/mol. The van der Waals surface area contributed by atoms with Crippen LogP contribution in [-0.2, 0) is 19.0 Å². The first-order valence-corrected chi connectivity index (χ1v) is 6.78. The number of carbonyl (C=O) groups is 1. The van der Waals surface area contributed by atoms with Gasteiger partial charge in [-0.1, -0.05) is 13.0 Å². The fraction of sp³-hybridized carbons (Fsp3) is 0.786. The van der Waals surface area contributed by atoms with Gasteiger partial charge < -0.3 is 19.5 Å². The van der Waals surface area contributed by atoms with Gasteiger partial charge in [-0.3, -0.25) is 4.79 Å². The van der Waals surface area contributed by atoms with Crippen LogP contribution in [0.15, 0.2) is 12.7 Å². The highest BCUT2D eigenvalue weighted by Crippen LogP contribution is 2.38. The fourth-order valence-corrected chi connectivity index (χ4v) is 2.86. The van der Waals surface area contributed by atoms with E-state index in [0.29, 0.717) is 0 Å². The summed E-state index contributed by atoms with van der Waals surface area (Å²) in [5.41, 5.74) is 0. The largest absolute Gasteiger partial charge is 0.366 e. The van der Waals surface area contributed by atoms with Crippen LogP contribution in [0.5, 0.6) is 0 Å². The standard InChI is InChI=1S/C14H23NO4/c1-6-9-11(15-8(3)16)13-12(10(7-2)17-9)18-14(4,5)19-13/h6,9-13H,1,7H2,2-5H3,(H,15,16)/t9?,10-,11-,12+,13-/m1/s1. The summed E-state index contributed by atoms with van der Waals surface area (Å²) in [6.45, 7) is 11.1. The zero-order valence-electron chi connectivity index (χ0n) is 12.0. The number of rotatable bonds is 3. The van der Waals surface area contributed by atoms with Crippen LogP contribution in [-0.4, -0.2) is 42.2 Å². The number of hydrogen-bond acceptors (Lipinski definition) is 4. The van der Waals surface area contributed by atoms with Gasteiger partial charge in [0.15, 0.2) is 5.79 Å². The Kier molecular flexibility index (Phi) is 3.99. The number of ether oxygens (including phenoxy) is 3. The quantitative estimate of drug-likeness (QED) is 0.786. The second-order valence-electron chi connectivity index (χ2n) is 5.57. The molecule has 2 aliphatic heterocycles. The van der Waals surface area contributed by atoms with Gasteiger partial charge in [-0.05, 0) is 20.3 Å². The van der Waals surface area contributed by atoms with Crippen LogP contribution >= 0.6 is 0 Å². The van der Waals surface area contributed by atoms with Crippen molar-refractivity contribution < 1.29 is 19.0 Å². The summed E-state index contributed by atoms with van der Waals surface area (Å²) in [6.07, 6.45) is 1.88. The van der Waals surface area contributed by atoms with Crippen molar-refractivity contribution in [2.24, 2.45) is 0 Å². The predicted octanol–water partition coefficient (Wildman–Crippen LogP) is 1.37. The third-order valence-corrected chi connectivity index (χ3v) is 3.57. The molecule has 0 spiro atoms. The molecular formula is C14H23NO4. The molecule has 0 saturated carbocycles. The Bertz CT molecular complexity index is 368. The summed E-state index contributed by atoms with van der Waals surface area (Å²) >= 11 is 0. The Balaban J connectivity index is 2.26.